The van der Waals surface area contributed by atoms with Gasteiger partial charge in [0.25, 0.3) is 0 Å². The van der Waals surface area contributed by atoms with Crippen LogP contribution in [0.4, 0.5) is 0 Å². The van der Waals surface area contributed by atoms with Crippen LogP contribution in [-0.2, 0) is 21.5 Å². The average Bonchev–Trinajstić information content (AvgIpc) is 2.98. The second-order valence-corrected chi connectivity index (χ2v) is 5.50. The van der Waals surface area contributed by atoms with Crippen molar-refractivity contribution in [1.82, 2.24) is 5.32 Å². The third-order valence-electron chi connectivity index (χ3n) is 4.07. The fraction of sp³-hybridized carbons (Fsp3) is 0.562. The van der Waals surface area contributed by atoms with E-state index in [4.69, 9.17) is 4.74 Å². The number of ether oxygens (including phenoxy) is 1. The molecule has 1 aromatic rings. The highest BCUT2D eigenvalue weighted by Gasteiger charge is 2.35. The first-order valence-electron chi connectivity index (χ1n) is 7.25. The van der Waals surface area contributed by atoms with Crippen molar-refractivity contribution in [2.24, 2.45) is 0 Å². The number of carbonyl (C=O) groups is 1. The Bertz CT molecular complexity index is 451. The van der Waals surface area contributed by atoms with E-state index in [2.05, 4.69) is 12.2 Å². The van der Waals surface area contributed by atoms with Gasteiger partial charge in [-0.25, -0.2) is 4.79 Å². The second kappa shape index (κ2) is 6.37. The SMILES string of the molecule is CCc1ccc(C(C)(NCC2CCCO2)C(=O)O)cc1. The van der Waals surface area contributed by atoms with Crippen LogP contribution in [0.25, 0.3) is 0 Å². The van der Waals surface area contributed by atoms with Gasteiger partial charge in [-0.05, 0) is 37.3 Å². The van der Waals surface area contributed by atoms with Crippen molar-refractivity contribution in [1.29, 1.82) is 0 Å². The summed E-state index contributed by atoms with van der Waals surface area (Å²) in [6.45, 7) is 5.14. The molecule has 0 aromatic heterocycles. The van der Waals surface area contributed by atoms with Gasteiger partial charge in [-0.1, -0.05) is 31.2 Å². The van der Waals surface area contributed by atoms with E-state index in [0.29, 0.717) is 6.54 Å². The number of benzene rings is 1. The molecule has 110 valence electrons. The number of hydrogen-bond acceptors (Lipinski definition) is 3. The first kappa shape index (κ1) is 15.0. The maximum atomic E-state index is 11.7. The predicted octanol–water partition coefficient (Wildman–Crippen LogP) is 2.32. The fourth-order valence-electron chi connectivity index (χ4n) is 2.50. The van der Waals surface area contributed by atoms with Gasteiger partial charge in [0.05, 0.1) is 6.10 Å². The molecule has 4 heteroatoms. The number of hydrogen-bond donors (Lipinski definition) is 2. The van der Waals surface area contributed by atoms with Crippen molar-refractivity contribution in [3.63, 3.8) is 0 Å². The van der Waals surface area contributed by atoms with Gasteiger partial charge < -0.3 is 9.84 Å². The molecular weight excluding hydrogens is 254 g/mol. The Hall–Kier alpha value is -1.39. The molecule has 2 unspecified atom stereocenters. The molecule has 2 N–H and O–H groups in total. The second-order valence-electron chi connectivity index (χ2n) is 5.50. The largest absolute Gasteiger partial charge is 0.480 e. The summed E-state index contributed by atoms with van der Waals surface area (Å²) in [6, 6.07) is 7.78. The van der Waals surface area contributed by atoms with Crippen LogP contribution in [0.3, 0.4) is 0 Å². The van der Waals surface area contributed by atoms with E-state index in [1.807, 2.05) is 24.3 Å². The first-order chi connectivity index (χ1) is 9.56. The summed E-state index contributed by atoms with van der Waals surface area (Å²) in [5.74, 6) is -0.861. The molecule has 1 heterocycles. The molecule has 4 nitrogen and oxygen atoms in total. The smallest absolute Gasteiger partial charge is 0.328 e. The molecule has 0 amide bonds. The average molecular weight is 277 g/mol. The Morgan fingerprint density at radius 3 is 2.65 bits per heavy atom. The number of aryl methyl sites for hydroxylation is 1. The highest BCUT2D eigenvalue weighted by atomic mass is 16.5. The molecule has 0 radical (unpaired) electrons. The van der Waals surface area contributed by atoms with Gasteiger partial charge >= 0.3 is 5.97 Å². The summed E-state index contributed by atoms with van der Waals surface area (Å²) in [5, 5.41) is 12.7. The first-order valence-corrected chi connectivity index (χ1v) is 7.25. The lowest BCUT2D eigenvalue weighted by atomic mass is 9.90. The summed E-state index contributed by atoms with van der Waals surface area (Å²) >= 11 is 0. The lowest BCUT2D eigenvalue weighted by molar-refractivity contribution is -0.144. The van der Waals surface area contributed by atoms with E-state index in [1.165, 1.54) is 5.56 Å². The van der Waals surface area contributed by atoms with E-state index in [9.17, 15) is 9.90 Å². The van der Waals surface area contributed by atoms with Gasteiger partial charge in [0.1, 0.15) is 5.54 Å². The molecule has 0 aliphatic carbocycles. The van der Waals surface area contributed by atoms with Gasteiger partial charge in [0, 0.05) is 13.2 Å². The Kier molecular flexibility index (Phi) is 4.78. The minimum absolute atomic E-state index is 0.128. The molecule has 1 aliphatic heterocycles. The van der Waals surface area contributed by atoms with E-state index in [1.54, 1.807) is 6.92 Å². The quantitative estimate of drug-likeness (QED) is 0.838. The van der Waals surface area contributed by atoms with Gasteiger partial charge in [-0.15, -0.1) is 0 Å². The Morgan fingerprint density at radius 1 is 1.45 bits per heavy atom. The molecule has 1 fully saturated rings. The third-order valence-corrected chi connectivity index (χ3v) is 4.07. The number of nitrogens with one attached hydrogen (secondary N) is 1. The lowest BCUT2D eigenvalue weighted by Crippen LogP contribution is -2.49. The molecule has 1 aliphatic rings. The summed E-state index contributed by atoms with van der Waals surface area (Å²) in [5.41, 5.74) is 0.916. The highest BCUT2D eigenvalue weighted by molar-refractivity contribution is 5.80. The number of carboxylic acid groups (broad SMARTS) is 1. The summed E-state index contributed by atoms with van der Waals surface area (Å²) < 4.78 is 5.55. The predicted molar refractivity (Wildman–Crippen MR) is 77.8 cm³/mol. The monoisotopic (exact) mass is 277 g/mol. The van der Waals surface area contributed by atoms with Crippen LogP contribution in [0.5, 0.6) is 0 Å². The van der Waals surface area contributed by atoms with E-state index < -0.39 is 11.5 Å². The minimum Gasteiger partial charge on any atom is -0.480 e. The topological polar surface area (TPSA) is 58.6 Å². The van der Waals surface area contributed by atoms with Crippen molar-refractivity contribution in [2.75, 3.05) is 13.2 Å². The zero-order chi connectivity index (χ0) is 14.6. The van der Waals surface area contributed by atoms with Crippen LogP contribution in [0.2, 0.25) is 0 Å². The van der Waals surface area contributed by atoms with Crippen LogP contribution >= 0.6 is 0 Å². The molecule has 1 aromatic carbocycles. The van der Waals surface area contributed by atoms with Gasteiger partial charge in [0.15, 0.2) is 0 Å². The fourth-order valence-corrected chi connectivity index (χ4v) is 2.50. The van der Waals surface area contributed by atoms with Crippen LogP contribution in [0, 0.1) is 0 Å². The minimum atomic E-state index is -1.07. The molecule has 2 atom stereocenters. The van der Waals surface area contributed by atoms with Crippen molar-refractivity contribution in [3.05, 3.63) is 35.4 Å². The van der Waals surface area contributed by atoms with E-state index in [-0.39, 0.29) is 6.10 Å². The molecule has 0 bridgehead atoms. The van der Waals surface area contributed by atoms with Gasteiger partial charge in [-0.2, -0.15) is 0 Å². The summed E-state index contributed by atoms with van der Waals surface area (Å²) in [6.07, 6.45) is 3.13. The number of rotatable bonds is 6. The molecule has 0 saturated carbocycles. The van der Waals surface area contributed by atoms with Gasteiger partial charge in [-0.3, -0.25) is 5.32 Å². The highest BCUT2D eigenvalue weighted by Crippen LogP contribution is 2.23. The summed E-state index contributed by atoms with van der Waals surface area (Å²) in [4.78, 5) is 11.7. The van der Waals surface area contributed by atoms with Crippen LogP contribution in [0.1, 0.15) is 37.8 Å². The molecule has 20 heavy (non-hydrogen) atoms. The van der Waals surface area contributed by atoms with Crippen molar-refractivity contribution in [2.45, 2.75) is 44.8 Å². The zero-order valence-electron chi connectivity index (χ0n) is 12.2. The van der Waals surface area contributed by atoms with Crippen molar-refractivity contribution in [3.8, 4) is 0 Å². The zero-order valence-corrected chi connectivity index (χ0v) is 12.2. The normalized spacial score (nSPS) is 21.6. The standard InChI is InChI=1S/C16H23NO3/c1-3-12-6-8-13(9-7-12)16(2,15(18)19)17-11-14-5-4-10-20-14/h6-9,14,17H,3-5,10-11H2,1-2H3,(H,18,19). The van der Waals surface area contributed by atoms with Crippen molar-refractivity contribution >= 4 is 5.97 Å². The third kappa shape index (κ3) is 3.19. The van der Waals surface area contributed by atoms with E-state index in [0.717, 1.165) is 31.4 Å². The van der Waals surface area contributed by atoms with Crippen LogP contribution in [-0.4, -0.2) is 30.3 Å². The Balaban J connectivity index is 2.12. The molecule has 2 rings (SSSR count). The van der Waals surface area contributed by atoms with Crippen molar-refractivity contribution < 1.29 is 14.6 Å². The van der Waals surface area contributed by atoms with Crippen LogP contribution < -0.4 is 5.32 Å². The number of carboxylic acids is 1. The maximum absolute atomic E-state index is 11.7. The molecule has 1 saturated heterocycles. The molecule has 0 spiro atoms. The molecular formula is C16H23NO3. The maximum Gasteiger partial charge on any atom is 0.328 e. The number of aliphatic carboxylic acids is 1. The van der Waals surface area contributed by atoms with E-state index >= 15 is 0 Å². The van der Waals surface area contributed by atoms with Gasteiger partial charge in [0.2, 0.25) is 0 Å². The Morgan fingerprint density at radius 2 is 2.15 bits per heavy atom. The lowest BCUT2D eigenvalue weighted by Gasteiger charge is -2.28. The Labute approximate surface area is 120 Å². The van der Waals surface area contributed by atoms with Crippen LogP contribution in [0.15, 0.2) is 24.3 Å². The summed E-state index contributed by atoms with van der Waals surface area (Å²) in [7, 11) is 0.